The summed E-state index contributed by atoms with van der Waals surface area (Å²) in [6.07, 6.45) is -4.28. The van der Waals surface area contributed by atoms with Crippen molar-refractivity contribution in [3.63, 3.8) is 0 Å². The molecule has 0 amide bonds. The summed E-state index contributed by atoms with van der Waals surface area (Å²) in [6.45, 7) is 0. The van der Waals surface area contributed by atoms with Crippen LogP contribution in [0.1, 0.15) is 5.56 Å². The van der Waals surface area contributed by atoms with Crippen molar-refractivity contribution in [3.8, 4) is 0 Å². The molecule has 112 valence electrons. The number of non-ortho nitro benzene ring substituents is 1. The molecule has 0 saturated heterocycles. The molecule has 1 aliphatic heterocycles. The molecule has 1 atom stereocenters. The monoisotopic (exact) mass is 301 g/mol. The molecule has 0 radical (unpaired) electrons. The highest BCUT2D eigenvalue weighted by Gasteiger charge is 2.49. The first-order valence-corrected chi connectivity index (χ1v) is 5.57. The van der Waals surface area contributed by atoms with Gasteiger partial charge in [0.15, 0.2) is 5.96 Å². The number of guanidine groups is 1. The van der Waals surface area contributed by atoms with Gasteiger partial charge in [-0.15, -0.1) is 0 Å². The number of nitrogens with two attached hydrogens (primary N) is 2. The van der Waals surface area contributed by atoms with E-state index in [1.807, 2.05) is 0 Å². The van der Waals surface area contributed by atoms with Crippen molar-refractivity contribution in [1.29, 1.82) is 0 Å². The molecule has 1 heterocycles. The highest BCUT2D eigenvalue weighted by atomic mass is 19.4. The molecule has 0 aliphatic carbocycles. The van der Waals surface area contributed by atoms with Crippen LogP contribution >= 0.6 is 0 Å². The molecule has 21 heavy (non-hydrogen) atoms. The first-order valence-electron chi connectivity index (χ1n) is 5.57. The van der Waals surface area contributed by atoms with E-state index in [1.54, 1.807) is 0 Å². The van der Waals surface area contributed by atoms with E-state index in [1.165, 1.54) is 12.1 Å². The number of aliphatic imine (C=N–C) groups is 1. The molecule has 1 unspecified atom stereocenters. The van der Waals surface area contributed by atoms with E-state index in [4.69, 9.17) is 11.5 Å². The Bertz CT molecular complexity index is 656. The van der Waals surface area contributed by atoms with Crippen LogP contribution in [0, 0.1) is 10.1 Å². The fourth-order valence-corrected chi connectivity index (χ4v) is 1.93. The Kier molecular flexibility index (Phi) is 3.33. The lowest BCUT2D eigenvalue weighted by Crippen LogP contribution is -2.60. The molecule has 1 aliphatic rings. The van der Waals surface area contributed by atoms with Crippen molar-refractivity contribution in [1.82, 2.24) is 5.32 Å². The maximum absolute atomic E-state index is 13.1. The van der Waals surface area contributed by atoms with Gasteiger partial charge in [0.2, 0.25) is 0 Å². The summed E-state index contributed by atoms with van der Waals surface area (Å²) < 4.78 is 39.2. The Morgan fingerprint density at radius 1 is 1.38 bits per heavy atom. The summed E-state index contributed by atoms with van der Waals surface area (Å²) in [6, 6.07) is 4.56. The van der Waals surface area contributed by atoms with E-state index in [-0.39, 0.29) is 17.2 Å². The molecule has 0 spiro atoms. The lowest BCUT2D eigenvalue weighted by atomic mass is 9.90. The highest BCUT2D eigenvalue weighted by molar-refractivity contribution is 5.81. The van der Waals surface area contributed by atoms with Crippen LogP contribution < -0.4 is 16.8 Å². The predicted octanol–water partition coefficient (Wildman–Crippen LogP) is 1.07. The number of rotatable bonds is 2. The number of alkyl halides is 3. The van der Waals surface area contributed by atoms with Gasteiger partial charge in [0.05, 0.1) is 10.5 Å². The summed E-state index contributed by atoms with van der Waals surface area (Å²) in [4.78, 5) is 13.4. The number of benzene rings is 1. The predicted molar refractivity (Wildman–Crippen MR) is 67.9 cm³/mol. The van der Waals surface area contributed by atoms with Crippen LogP contribution in [-0.2, 0) is 5.66 Å². The van der Waals surface area contributed by atoms with Gasteiger partial charge in [-0.3, -0.25) is 10.1 Å². The minimum absolute atomic E-state index is 0.155. The van der Waals surface area contributed by atoms with Crippen molar-refractivity contribution in [2.24, 2.45) is 16.5 Å². The van der Waals surface area contributed by atoms with Gasteiger partial charge in [0.1, 0.15) is 5.66 Å². The fourth-order valence-electron chi connectivity index (χ4n) is 1.93. The quantitative estimate of drug-likeness (QED) is 0.557. The first-order chi connectivity index (χ1) is 9.64. The first kappa shape index (κ1) is 14.8. The lowest BCUT2D eigenvalue weighted by molar-refractivity contribution is -0.385. The van der Waals surface area contributed by atoms with Gasteiger partial charge in [0, 0.05) is 23.9 Å². The summed E-state index contributed by atoms with van der Waals surface area (Å²) >= 11 is 0. The molecule has 7 nitrogen and oxygen atoms in total. The molecule has 0 saturated carbocycles. The number of halogens is 3. The maximum atomic E-state index is 13.1. The average molecular weight is 301 g/mol. The van der Waals surface area contributed by atoms with Crippen molar-refractivity contribution in [2.75, 3.05) is 0 Å². The Morgan fingerprint density at radius 3 is 2.62 bits per heavy atom. The highest BCUT2D eigenvalue weighted by Crippen LogP contribution is 2.38. The Morgan fingerprint density at radius 2 is 2.05 bits per heavy atom. The van der Waals surface area contributed by atoms with E-state index >= 15 is 0 Å². The number of nitrogens with one attached hydrogen (secondary N) is 1. The minimum atomic E-state index is -4.78. The molecule has 2 rings (SSSR count). The van der Waals surface area contributed by atoms with E-state index < -0.39 is 22.3 Å². The Hall–Kier alpha value is -2.62. The normalized spacial score (nSPS) is 22.1. The van der Waals surface area contributed by atoms with Gasteiger partial charge in [-0.2, -0.15) is 13.2 Å². The Balaban J connectivity index is 2.59. The van der Waals surface area contributed by atoms with Crippen molar-refractivity contribution < 1.29 is 18.1 Å². The topological polar surface area (TPSA) is 120 Å². The SMILES string of the molecule is NC1=NC=C(C(F)(F)F)C(N)(c2cccc([N+](=O)[O-])c2)N1. The molecular formula is C11H10F3N5O2. The van der Waals surface area contributed by atoms with Gasteiger partial charge in [0.25, 0.3) is 5.69 Å². The number of hydrogen-bond donors (Lipinski definition) is 3. The molecule has 0 aromatic heterocycles. The zero-order chi connectivity index (χ0) is 15.8. The fraction of sp³-hybridized carbons (Fsp3) is 0.182. The van der Waals surface area contributed by atoms with Crippen LogP contribution in [0.15, 0.2) is 41.0 Å². The molecule has 5 N–H and O–H groups in total. The van der Waals surface area contributed by atoms with E-state index in [2.05, 4.69) is 10.3 Å². The molecule has 0 bridgehead atoms. The number of nitro groups is 1. The number of nitro benzene ring substituents is 1. The smallest absolute Gasteiger partial charge is 0.370 e. The van der Waals surface area contributed by atoms with Crippen LogP contribution in [-0.4, -0.2) is 17.1 Å². The van der Waals surface area contributed by atoms with Crippen molar-refractivity contribution >= 4 is 11.6 Å². The van der Waals surface area contributed by atoms with Crippen LogP contribution in [0.5, 0.6) is 0 Å². The largest absolute Gasteiger partial charge is 0.418 e. The third-order valence-electron chi connectivity index (χ3n) is 2.90. The maximum Gasteiger partial charge on any atom is 0.418 e. The van der Waals surface area contributed by atoms with E-state index in [9.17, 15) is 23.3 Å². The van der Waals surface area contributed by atoms with Gasteiger partial charge < -0.3 is 16.8 Å². The second-order valence-electron chi connectivity index (χ2n) is 4.30. The van der Waals surface area contributed by atoms with Crippen molar-refractivity contribution in [3.05, 3.63) is 51.7 Å². The molecule has 1 aromatic carbocycles. The van der Waals surface area contributed by atoms with Gasteiger partial charge in [-0.25, -0.2) is 4.99 Å². The second kappa shape index (κ2) is 4.74. The van der Waals surface area contributed by atoms with Gasteiger partial charge >= 0.3 is 6.18 Å². The average Bonchev–Trinajstić information content (AvgIpc) is 2.37. The number of hydrogen-bond acceptors (Lipinski definition) is 6. The third-order valence-corrected chi connectivity index (χ3v) is 2.90. The van der Waals surface area contributed by atoms with Crippen LogP contribution in [0.2, 0.25) is 0 Å². The van der Waals surface area contributed by atoms with Gasteiger partial charge in [-0.05, 0) is 0 Å². The molecular weight excluding hydrogens is 291 g/mol. The van der Waals surface area contributed by atoms with E-state index in [0.29, 0.717) is 6.20 Å². The molecule has 1 aromatic rings. The zero-order valence-electron chi connectivity index (χ0n) is 10.4. The standard InChI is InChI=1S/C11H10F3N5O2/c12-11(13,14)8-5-17-9(15)18-10(8,16)6-2-1-3-7(4-6)19(20)21/h1-5H,16H2,(H3,15,17,18). The zero-order valence-corrected chi connectivity index (χ0v) is 10.4. The van der Waals surface area contributed by atoms with Gasteiger partial charge in [-0.1, -0.05) is 12.1 Å². The lowest BCUT2D eigenvalue weighted by Gasteiger charge is -2.36. The van der Waals surface area contributed by atoms with Crippen LogP contribution in [0.25, 0.3) is 0 Å². The Labute approximate surface area is 116 Å². The summed E-state index contributed by atoms with van der Waals surface area (Å²) in [7, 11) is 0. The molecule has 10 heteroatoms. The van der Waals surface area contributed by atoms with Crippen LogP contribution in [0.3, 0.4) is 0 Å². The second-order valence-corrected chi connectivity index (χ2v) is 4.30. The van der Waals surface area contributed by atoms with Crippen molar-refractivity contribution in [2.45, 2.75) is 11.8 Å². The van der Waals surface area contributed by atoms with E-state index in [0.717, 1.165) is 12.1 Å². The molecule has 0 fully saturated rings. The summed E-state index contributed by atoms with van der Waals surface area (Å²) in [5.74, 6) is -0.322. The third kappa shape index (κ3) is 2.65. The number of nitrogens with zero attached hydrogens (tertiary/aromatic N) is 2. The summed E-state index contributed by atoms with van der Waals surface area (Å²) in [5, 5.41) is 13.0. The summed E-state index contributed by atoms with van der Waals surface area (Å²) in [5.41, 5.74) is 7.15. The minimum Gasteiger partial charge on any atom is -0.370 e. The van der Waals surface area contributed by atoms with Crippen LogP contribution in [0.4, 0.5) is 18.9 Å².